The van der Waals surface area contributed by atoms with Gasteiger partial charge in [-0.05, 0) is 48.5 Å². The Balaban J connectivity index is 1.62. The number of nitrogens with zero attached hydrogens (tertiary/aromatic N) is 2. The molecule has 0 fully saturated rings. The molecule has 0 amide bonds. The first-order chi connectivity index (χ1) is 15.9. The molecule has 0 aliphatic rings. The minimum atomic E-state index is -4.47. The Hall–Kier alpha value is -3.71. The number of carbonyl (C=O) groups excluding carboxylic acids is 2. The lowest BCUT2D eigenvalue weighted by Gasteiger charge is -2.11. The van der Waals surface area contributed by atoms with Gasteiger partial charge in [0, 0.05) is 7.05 Å². The lowest BCUT2D eigenvalue weighted by Crippen LogP contribution is -2.17. The maximum absolute atomic E-state index is 12.7. The van der Waals surface area contributed by atoms with Crippen LogP contribution in [0.15, 0.2) is 59.6 Å². The van der Waals surface area contributed by atoms with E-state index in [-0.39, 0.29) is 28.4 Å². The highest BCUT2D eigenvalue weighted by Gasteiger charge is 2.30. The average Bonchev–Trinajstić information content (AvgIpc) is 3.15. The maximum atomic E-state index is 12.7. The average molecular weight is 497 g/mol. The zero-order valence-electron chi connectivity index (χ0n) is 17.6. The predicted molar refractivity (Wildman–Crippen MR) is 111 cm³/mol. The maximum Gasteiger partial charge on any atom is 0.416 e. The van der Waals surface area contributed by atoms with E-state index in [1.807, 2.05) is 0 Å². The lowest BCUT2D eigenvalue weighted by molar-refractivity contribution is -0.137. The molecule has 0 saturated heterocycles. The molecule has 3 rings (SSSR count). The van der Waals surface area contributed by atoms with Crippen molar-refractivity contribution in [1.29, 1.82) is 0 Å². The van der Waals surface area contributed by atoms with E-state index in [0.29, 0.717) is 5.69 Å². The fourth-order valence-corrected chi connectivity index (χ4v) is 3.35. The normalized spacial score (nSPS) is 11.8. The fourth-order valence-electron chi connectivity index (χ4n) is 2.83. The summed E-state index contributed by atoms with van der Waals surface area (Å²) in [6.07, 6.45) is -3.22. The predicted octanol–water partition coefficient (Wildman–Crippen LogP) is 2.71. The molecule has 0 aliphatic heterocycles. The number of alkyl halides is 3. The van der Waals surface area contributed by atoms with Crippen molar-refractivity contribution in [2.75, 3.05) is 6.61 Å². The van der Waals surface area contributed by atoms with Gasteiger partial charge >= 0.3 is 12.1 Å². The molecule has 2 aromatic carbocycles. The van der Waals surface area contributed by atoms with Crippen molar-refractivity contribution < 1.29 is 40.7 Å². The van der Waals surface area contributed by atoms with Crippen LogP contribution in [0.2, 0.25) is 0 Å². The number of Topliss-reactive ketones (excluding diaryl/α,β-unsaturated/α-hetero) is 1. The number of primary sulfonamides is 1. The zero-order chi connectivity index (χ0) is 25.1. The topological polar surface area (TPSA) is 131 Å². The first kappa shape index (κ1) is 24.9. The molecule has 0 radical (unpaired) electrons. The van der Waals surface area contributed by atoms with Crippen LogP contribution < -0.4 is 9.88 Å². The molecule has 9 nitrogen and oxygen atoms in total. The van der Waals surface area contributed by atoms with Gasteiger partial charge < -0.3 is 9.47 Å². The van der Waals surface area contributed by atoms with Gasteiger partial charge in [0.15, 0.2) is 6.61 Å². The van der Waals surface area contributed by atoms with Gasteiger partial charge in [0.1, 0.15) is 12.4 Å². The van der Waals surface area contributed by atoms with Gasteiger partial charge in [0.2, 0.25) is 15.8 Å². The number of aryl methyl sites for hydroxylation is 1. The third-order valence-electron chi connectivity index (χ3n) is 4.67. The number of benzene rings is 2. The number of rotatable bonds is 8. The summed E-state index contributed by atoms with van der Waals surface area (Å²) in [5.41, 5.74) is -0.389. The summed E-state index contributed by atoms with van der Waals surface area (Å²) in [6, 6.07) is 8.71. The highest BCUT2D eigenvalue weighted by Crippen LogP contribution is 2.30. The molecule has 0 bridgehead atoms. The van der Waals surface area contributed by atoms with Crippen molar-refractivity contribution in [1.82, 2.24) is 9.78 Å². The van der Waals surface area contributed by atoms with Crippen LogP contribution in [0.3, 0.4) is 0 Å². The zero-order valence-corrected chi connectivity index (χ0v) is 18.4. The summed E-state index contributed by atoms with van der Waals surface area (Å²) in [5, 5.41) is 8.97. The monoisotopic (exact) mass is 497 g/mol. The molecule has 0 aliphatic carbocycles. The highest BCUT2D eigenvalue weighted by atomic mass is 32.2. The Kier molecular flexibility index (Phi) is 7.07. The van der Waals surface area contributed by atoms with E-state index in [4.69, 9.17) is 14.6 Å². The van der Waals surface area contributed by atoms with Gasteiger partial charge in [0.05, 0.1) is 33.5 Å². The quantitative estimate of drug-likeness (QED) is 0.374. The van der Waals surface area contributed by atoms with Crippen LogP contribution in [-0.2, 0) is 34.6 Å². The van der Waals surface area contributed by atoms with Crippen LogP contribution in [0.1, 0.15) is 32.0 Å². The van der Waals surface area contributed by atoms with Crippen LogP contribution >= 0.6 is 0 Å². The standard InChI is InChI=1S/C21H18F3N3O6S/c1-27-18(11-32-15-6-4-14(5-7-15)21(22,23)24)17(10-26-27)19(28)12-33-20(29)13-2-8-16(9-3-13)34(25,30)31/h2-10H,11-12H2,1H3,(H2,25,30,31). The first-order valence-electron chi connectivity index (χ1n) is 9.50. The SMILES string of the molecule is Cn1ncc(C(=O)COC(=O)c2ccc(S(N)(=O)=O)cc2)c1COc1ccc(C(F)(F)F)cc1. The summed E-state index contributed by atoms with van der Waals surface area (Å²) < 4.78 is 72.4. The third kappa shape index (κ3) is 5.99. The van der Waals surface area contributed by atoms with Gasteiger partial charge in [-0.25, -0.2) is 18.4 Å². The van der Waals surface area contributed by atoms with E-state index in [1.165, 1.54) is 23.0 Å². The number of carbonyl (C=O) groups is 2. The van der Waals surface area contributed by atoms with Gasteiger partial charge in [-0.15, -0.1) is 0 Å². The van der Waals surface area contributed by atoms with Crippen LogP contribution in [0.4, 0.5) is 13.2 Å². The molecular weight excluding hydrogens is 479 g/mol. The van der Waals surface area contributed by atoms with Crippen LogP contribution in [0, 0.1) is 0 Å². The minimum Gasteiger partial charge on any atom is -0.487 e. The molecule has 1 aromatic heterocycles. The molecule has 3 aromatic rings. The lowest BCUT2D eigenvalue weighted by atomic mass is 10.1. The van der Waals surface area contributed by atoms with E-state index in [9.17, 15) is 31.2 Å². The molecule has 0 spiro atoms. The van der Waals surface area contributed by atoms with Crippen LogP contribution in [-0.4, -0.2) is 36.6 Å². The van der Waals surface area contributed by atoms with Crippen LogP contribution in [0.5, 0.6) is 5.75 Å². The first-order valence-corrected chi connectivity index (χ1v) is 11.0. The van der Waals surface area contributed by atoms with Gasteiger partial charge in [-0.1, -0.05) is 0 Å². The molecule has 1 heterocycles. The van der Waals surface area contributed by atoms with Crippen molar-refractivity contribution in [3.8, 4) is 5.75 Å². The van der Waals surface area contributed by atoms with Gasteiger partial charge in [0.25, 0.3) is 0 Å². The second kappa shape index (κ2) is 9.65. The smallest absolute Gasteiger partial charge is 0.416 e. The fraction of sp³-hybridized carbons (Fsp3) is 0.190. The van der Waals surface area contributed by atoms with Crippen molar-refractivity contribution in [2.24, 2.45) is 12.2 Å². The summed E-state index contributed by atoms with van der Waals surface area (Å²) in [6.45, 7) is -0.805. The second-order valence-electron chi connectivity index (χ2n) is 7.01. The molecule has 0 atom stereocenters. The highest BCUT2D eigenvalue weighted by molar-refractivity contribution is 7.89. The number of aromatic nitrogens is 2. The summed E-state index contributed by atoms with van der Waals surface area (Å²) in [5.74, 6) is -1.30. The van der Waals surface area contributed by atoms with Gasteiger partial charge in [-0.3, -0.25) is 9.48 Å². The van der Waals surface area contributed by atoms with Crippen molar-refractivity contribution >= 4 is 21.8 Å². The largest absolute Gasteiger partial charge is 0.487 e. The Morgan fingerprint density at radius 3 is 2.24 bits per heavy atom. The van der Waals surface area contributed by atoms with Crippen LogP contribution in [0.25, 0.3) is 0 Å². The molecule has 34 heavy (non-hydrogen) atoms. The number of hydrogen-bond acceptors (Lipinski definition) is 7. The summed E-state index contributed by atoms with van der Waals surface area (Å²) in [7, 11) is -2.38. The van der Waals surface area contributed by atoms with Crippen molar-refractivity contribution in [3.05, 3.63) is 77.1 Å². The van der Waals surface area contributed by atoms with E-state index < -0.39 is 40.1 Å². The molecular formula is C21H18F3N3O6S. The number of sulfonamides is 1. The Morgan fingerprint density at radius 1 is 1.06 bits per heavy atom. The summed E-state index contributed by atoms with van der Waals surface area (Å²) >= 11 is 0. The third-order valence-corrected chi connectivity index (χ3v) is 5.60. The number of hydrogen-bond donors (Lipinski definition) is 1. The number of ketones is 1. The second-order valence-corrected chi connectivity index (χ2v) is 8.57. The van der Waals surface area contributed by atoms with E-state index in [0.717, 1.165) is 36.4 Å². The number of esters is 1. The molecule has 0 saturated carbocycles. The summed E-state index contributed by atoms with van der Waals surface area (Å²) in [4.78, 5) is 24.5. The van der Waals surface area contributed by atoms with Gasteiger partial charge in [-0.2, -0.15) is 18.3 Å². The molecule has 0 unspecified atom stereocenters. The number of nitrogens with two attached hydrogens (primary N) is 1. The van der Waals surface area contributed by atoms with E-state index in [2.05, 4.69) is 5.10 Å². The van der Waals surface area contributed by atoms with Crippen molar-refractivity contribution in [2.45, 2.75) is 17.7 Å². The molecule has 180 valence electrons. The van der Waals surface area contributed by atoms with Crippen molar-refractivity contribution in [3.63, 3.8) is 0 Å². The Bertz CT molecular complexity index is 1300. The Labute approximate surface area is 191 Å². The van der Waals surface area contributed by atoms with E-state index in [1.54, 1.807) is 7.05 Å². The Morgan fingerprint density at radius 2 is 1.68 bits per heavy atom. The number of ether oxygens (including phenoxy) is 2. The molecule has 13 heteroatoms. The number of halogens is 3. The molecule has 2 N–H and O–H groups in total. The van der Waals surface area contributed by atoms with E-state index >= 15 is 0 Å². The minimum absolute atomic E-state index is 0.0113.